The van der Waals surface area contributed by atoms with Crippen molar-refractivity contribution in [1.29, 1.82) is 0 Å². The van der Waals surface area contributed by atoms with Gasteiger partial charge in [0.25, 0.3) is 0 Å². The second-order valence-electron chi connectivity index (χ2n) is 6.60. The number of rotatable bonds is 4. The van der Waals surface area contributed by atoms with Crippen molar-refractivity contribution in [1.82, 2.24) is 19.9 Å². The first-order valence-electron chi connectivity index (χ1n) is 8.61. The van der Waals surface area contributed by atoms with E-state index in [9.17, 15) is 13.2 Å². The first-order chi connectivity index (χ1) is 12.5. The Morgan fingerprint density at radius 1 is 1.27 bits per heavy atom. The van der Waals surface area contributed by atoms with Gasteiger partial charge in [-0.15, -0.1) is 5.10 Å². The molecule has 0 saturated carbocycles. The van der Waals surface area contributed by atoms with Gasteiger partial charge in [0, 0.05) is 19.5 Å². The first kappa shape index (κ1) is 17.2. The van der Waals surface area contributed by atoms with Crippen LogP contribution in [-0.2, 0) is 26.0 Å². The highest BCUT2D eigenvalue weighted by Gasteiger charge is 2.37. The van der Waals surface area contributed by atoms with Crippen molar-refractivity contribution in [3.05, 3.63) is 42.2 Å². The van der Waals surface area contributed by atoms with Crippen molar-refractivity contribution in [3.8, 4) is 0 Å². The van der Waals surface area contributed by atoms with E-state index >= 15 is 0 Å². The van der Waals surface area contributed by atoms with Crippen LogP contribution in [0.4, 0.5) is 0 Å². The Morgan fingerprint density at radius 3 is 2.88 bits per heavy atom. The summed E-state index contributed by atoms with van der Waals surface area (Å²) < 4.78 is 32.4. The number of sulfone groups is 1. The molecular weight excluding hydrogens is 356 g/mol. The van der Waals surface area contributed by atoms with Gasteiger partial charge in [0.15, 0.2) is 9.84 Å². The molecule has 0 radical (unpaired) electrons. The molecule has 2 aliphatic heterocycles. The molecule has 8 nitrogen and oxygen atoms in total. The van der Waals surface area contributed by atoms with Gasteiger partial charge in [-0.3, -0.25) is 4.79 Å². The Kier molecular flexibility index (Phi) is 4.49. The molecule has 0 N–H and O–H groups in total. The van der Waals surface area contributed by atoms with Crippen molar-refractivity contribution in [3.63, 3.8) is 0 Å². The number of hydrogen-bond donors (Lipinski definition) is 0. The number of piperidine rings is 1. The number of likely N-dealkylation sites (tertiary alicyclic amines) is 1. The van der Waals surface area contributed by atoms with Gasteiger partial charge in [-0.25, -0.2) is 13.1 Å². The predicted molar refractivity (Wildman–Crippen MR) is 91.9 cm³/mol. The zero-order valence-electron chi connectivity index (χ0n) is 14.2. The monoisotopic (exact) mass is 376 g/mol. The van der Waals surface area contributed by atoms with Crippen molar-refractivity contribution in [2.45, 2.75) is 36.5 Å². The molecule has 1 amide bonds. The molecule has 2 aliphatic rings. The van der Waals surface area contributed by atoms with Gasteiger partial charge < -0.3 is 9.64 Å². The van der Waals surface area contributed by atoms with Crippen molar-refractivity contribution in [2.75, 3.05) is 18.8 Å². The molecule has 1 aromatic heterocycles. The molecule has 2 atom stereocenters. The molecule has 0 aliphatic carbocycles. The summed E-state index contributed by atoms with van der Waals surface area (Å²) in [5.74, 6) is -0.346. The molecule has 4 rings (SSSR count). The molecular formula is C17H20N4O4S. The molecule has 1 aromatic carbocycles. The highest BCUT2D eigenvalue weighted by molar-refractivity contribution is 7.91. The van der Waals surface area contributed by atoms with Gasteiger partial charge in [0.1, 0.15) is 0 Å². The maximum Gasteiger partial charge on any atom is 0.223 e. The van der Waals surface area contributed by atoms with Crippen LogP contribution in [0, 0.1) is 0 Å². The third-order valence-corrected chi connectivity index (χ3v) is 6.70. The van der Waals surface area contributed by atoms with Crippen LogP contribution >= 0.6 is 0 Å². The second kappa shape index (κ2) is 6.81. The first-order valence-corrected chi connectivity index (χ1v) is 10.3. The molecule has 26 heavy (non-hydrogen) atoms. The zero-order valence-corrected chi connectivity index (χ0v) is 15.0. The fourth-order valence-electron chi connectivity index (χ4n) is 3.53. The molecule has 3 heterocycles. The minimum absolute atomic E-state index is 0.0151. The van der Waals surface area contributed by atoms with Crippen LogP contribution < -0.4 is 0 Å². The quantitative estimate of drug-likeness (QED) is 0.784. The predicted octanol–water partition coefficient (Wildman–Crippen LogP) is 0.814. The molecule has 0 spiro atoms. The lowest BCUT2D eigenvalue weighted by Crippen LogP contribution is -2.50. The molecule has 0 unspecified atom stereocenters. The summed E-state index contributed by atoms with van der Waals surface area (Å²) >= 11 is 0. The van der Waals surface area contributed by atoms with Gasteiger partial charge >= 0.3 is 0 Å². The molecule has 9 heteroatoms. The fraction of sp³-hybridized carbons (Fsp3) is 0.471. The lowest BCUT2D eigenvalue weighted by atomic mass is 10.00. The second-order valence-corrected chi connectivity index (χ2v) is 8.71. The number of nitrogens with zero attached hydrogens (tertiary/aromatic N) is 4. The Balaban J connectivity index is 1.41. The number of hydrogen-bond acceptors (Lipinski definition) is 6. The highest BCUT2D eigenvalue weighted by Crippen LogP contribution is 2.30. The number of benzene rings is 1. The third-order valence-electron chi connectivity index (χ3n) is 4.97. The van der Waals surface area contributed by atoms with Gasteiger partial charge in [-0.2, -0.15) is 0 Å². The smallest absolute Gasteiger partial charge is 0.223 e. The Labute approximate surface area is 151 Å². The molecule has 1 fully saturated rings. The Bertz CT molecular complexity index is 896. The highest BCUT2D eigenvalue weighted by atomic mass is 32.2. The van der Waals surface area contributed by atoms with E-state index in [-0.39, 0.29) is 35.1 Å². The lowest BCUT2D eigenvalue weighted by molar-refractivity contribution is -0.137. The van der Waals surface area contributed by atoms with E-state index in [1.807, 2.05) is 4.68 Å². The molecule has 1 saturated heterocycles. The normalized spacial score (nSPS) is 22.5. The maximum atomic E-state index is 12.6. The van der Waals surface area contributed by atoms with Crippen molar-refractivity contribution >= 4 is 15.7 Å². The van der Waals surface area contributed by atoms with E-state index < -0.39 is 9.84 Å². The van der Waals surface area contributed by atoms with Crippen molar-refractivity contribution < 1.29 is 17.9 Å². The van der Waals surface area contributed by atoms with Gasteiger partial charge in [0.2, 0.25) is 5.91 Å². The number of ether oxygens (including phenoxy) is 1. The van der Waals surface area contributed by atoms with Crippen molar-refractivity contribution in [2.24, 2.45) is 0 Å². The van der Waals surface area contributed by atoms with Gasteiger partial charge in [-0.05, 0) is 18.6 Å². The number of aromatic nitrogens is 3. The summed E-state index contributed by atoms with van der Waals surface area (Å²) in [7, 11) is -3.46. The van der Waals surface area contributed by atoms with Crippen LogP contribution in [0.1, 0.15) is 24.6 Å². The van der Waals surface area contributed by atoms with Crippen LogP contribution in [0.15, 0.2) is 41.4 Å². The van der Waals surface area contributed by atoms with E-state index in [1.165, 1.54) is 0 Å². The number of fused-ring (bicyclic) bond motifs is 3. The van der Waals surface area contributed by atoms with Crippen LogP contribution in [-0.4, -0.2) is 59.2 Å². The average molecular weight is 376 g/mol. The van der Waals surface area contributed by atoms with Gasteiger partial charge in [-0.1, -0.05) is 23.4 Å². The summed E-state index contributed by atoms with van der Waals surface area (Å²) in [5, 5.41) is 8.03. The minimum Gasteiger partial charge on any atom is -0.370 e. The van der Waals surface area contributed by atoms with E-state index in [4.69, 9.17) is 4.74 Å². The van der Waals surface area contributed by atoms with Gasteiger partial charge in [0.05, 0.1) is 41.3 Å². The number of amides is 1. The topological polar surface area (TPSA) is 94.4 Å². The Hall–Kier alpha value is -2.26. The van der Waals surface area contributed by atoms with Crippen LogP contribution in [0.5, 0.6) is 0 Å². The largest absolute Gasteiger partial charge is 0.370 e. The zero-order chi connectivity index (χ0) is 18.1. The average Bonchev–Trinajstić information content (AvgIpc) is 3.16. The number of carbonyl (C=O) groups is 1. The number of carbonyl (C=O) groups excluding carboxylic acids is 1. The van der Waals surface area contributed by atoms with Crippen LogP contribution in [0.2, 0.25) is 0 Å². The summed E-state index contributed by atoms with van der Waals surface area (Å²) in [4.78, 5) is 14.5. The third kappa shape index (κ3) is 3.24. The lowest BCUT2D eigenvalue weighted by Gasteiger charge is -2.41. The molecule has 138 valence electrons. The minimum atomic E-state index is -3.46. The summed E-state index contributed by atoms with van der Waals surface area (Å²) in [6.07, 6.45) is 2.37. The standard InChI is InChI=1S/C17H20N4O4S/c22-17(7-9-26(23,24)14-4-2-1-3-5-14)20-8-6-16-15(11-20)21-13(12-25-16)10-18-19-21/h1-5,10,15-16H,6-9,11-12H2/t15-,16+/m0/s1. The SMILES string of the molecule is O=C(CCS(=O)(=O)c1ccccc1)N1CC[C@H]2OCc3cnnn3[C@H]2C1. The molecule has 2 aromatic rings. The molecule has 0 bridgehead atoms. The van der Waals surface area contributed by atoms with E-state index in [1.54, 1.807) is 41.4 Å². The van der Waals surface area contributed by atoms with Crippen LogP contribution in [0.3, 0.4) is 0 Å². The van der Waals surface area contributed by atoms with E-state index in [2.05, 4.69) is 10.3 Å². The maximum absolute atomic E-state index is 12.6. The Morgan fingerprint density at radius 2 is 2.08 bits per heavy atom. The fourth-order valence-corrected chi connectivity index (χ4v) is 4.78. The van der Waals surface area contributed by atoms with Crippen LogP contribution in [0.25, 0.3) is 0 Å². The summed E-state index contributed by atoms with van der Waals surface area (Å²) in [5.41, 5.74) is 0.896. The van der Waals surface area contributed by atoms with E-state index in [0.29, 0.717) is 26.1 Å². The summed E-state index contributed by atoms with van der Waals surface area (Å²) in [6, 6.07) is 8.16. The van der Waals surface area contributed by atoms with E-state index in [0.717, 1.165) is 5.69 Å². The summed E-state index contributed by atoms with van der Waals surface area (Å²) in [6.45, 7) is 1.51.